The third-order valence-electron chi connectivity index (χ3n) is 18.5. The van der Waals surface area contributed by atoms with E-state index in [0.717, 1.165) is 67.0 Å². The number of aromatic nitrogens is 2. The molecule has 7 nitrogen and oxygen atoms in total. The first-order valence-corrected chi connectivity index (χ1v) is 34.7. The lowest BCUT2D eigenvalue weighted by molar-refractivity contribution is -0.137. The molecule has 2 aliphatic rings. The van der Waals surface area contributed by atoms with Crippen LogP contribution in [0, 0.1) is 0 Å². The van der Waals surface area contributed by atoms with Crippen LogP contribution < -0.4 is 15.8 Å². The van der Waals surface area contributed by atoms with Crippen LogP contribution in [-0.2, 0) is 4.79 Å². The molecule has 0 bridgehead atoms. The van der Waals surface area contributed by atoms with E-state index in [1.807, 2.05) is 54.6 Å². The highest BCUT2D eigenvalue weighted by atomic mass is 16.5. The summed E-state index contributed by atoms with van der Waals surface area (Å²) in [5.41, 5.74) is 8.38. The van der Waals surface area contributed by atoms with E-state index in [1.165, 1.54) is 289 Å². The predicted octanol–water partition coefficient (Wildman–Crippen LogP) is 23.0. The number of anilines is 2. The number of carbonyl (C=O) groups excluding carboxylic acids is 1. The molecule has 1 spiro atoms. The van der Waals surface area contributed by atoms with Crippen molar-refractivity contribution >= 4 is 17.5 Å². The van der Waals surface area contributed by atoms with Crippen LogP contribution >= 0.6 is 0 Å². The third kappa shape index (κ3) is 29.4. The monoisotopic (exact) mass is 1100 g/mol. The van der Waals surface area contributed by atoms with E-state index >= 15 is 0 Å². The molecule has 450 valence electrons. The zero-order valence-electron chi connectivity index (χ0n) is 51.6. The molecule has 2 aromatic carbocycles. The van der Waals surface area contributed by atoms with Crippen molar-refractivity contribution in [1.82, 2.24) is 14.9 Å². The Hall–Kier alpha value is -3.87. The number of carbonyl (C=O) groups is 1. The highest BCUT2D eigenvalue weighted by Crippen LogP contribution is 2.43. The van der Waals surface area contributed by atoms with Crippen LogP contribution in [0.4, 0.5) is 11.6 Å². The third-order valence-corrected chi connectivity index (χ3v) is 18.5. The van der Waals surface area contributed by atoms with E-state index in [0.29, 0.717) is 12.4 Å². The number of benzene rings is 2. The fourth-order valence-electron chi connectivity index (χ4n) is 13.3. The molecule has 7 heteroatoms. The second-order valence-corrected chi connectivity index (χ2v) is 25.3. The van der Waals surface area contributed by atoms with Crippen molar-refractivity contribution < 1.29 is 9.53 Å². The molecule has 1 atom stereocenters. The normalized spacial score (nSPS) is 21.8. The fraction of sp³-hybridized carbons (Fsp3) is 0.740. The highest BCUT2D eigenvalue weighted by Gasteiger charge is 2.43. The summed E-state index contributed by atoms with van der Waals surface area (Å²) in [6, 6.07) is 18.0. The molecule has 1 aliphatic carbocycles. The van der Waals surface area contributed by atoms with Gasteiger partial charge in [0, 0.05) is 18.1 Å². The van der Waals surface area contributed by atoms with Gasteiger partial charge < -0.3 is 20.7 Å². The number of nitrogens with zero attached hydrogens (tertiary/aromatic N) is 3. The van der Waals surface area contributed by atoms with E-state index in [1.54, 1.807) is 12.4 Å². The number of para-hydroxylation sites is 1. The lowest BCUT2D eigenvalue weighted by Crippen LogP contribution is -2.56. The summed E-state index contributed by atoms with van der Waals surface area (Å²) in [6.07, 6.45) is 72.9. The van der Waals surface area contributed by atoms with Crippen LogP contribution in [0.15, 0.2) is 73.6 Å². The Kier molecular flexibility index (Phi) is 37.4. The van der Waals surface area contributed by atoms with E-state index in [-0.39, 0.29) is 17.5 Å². The zero-order chi connectivity index (χ0) is 56.1. The number of nitrogens with two attached hydrogens (primary N) is 1. The van der Waals surface area contributed by atoms with Crippen LogP contribution in [0.25, 0.3) is 11.1 Å². The average molecular weight is 1100 g/mol. The summed E-state index contributed by atoms with van der Waals surface area (Å²) in [5.74, 6) is 2.84. The fourth-order valence-corrected chi connectivity index (χ4v) is 13.3. The summed E-state index contributed by atoms with van der Waals surface area (Å²) >= 11 is 0. The van der Waals surface area contributed by atoms with Gasteiger partial charge in [-0.3, -0.25) is 4.79 Å². The van der Waals surface area contributed by atoms with Gasteiger partial charge in [0.05, 0.1) is 5.56 Å². The van der Waals surface area contributed by atoms with Gasteiger partial charge in [0.2, 0.25) is 5.91 Å². The number of hydrogen-bond acceptors (Lipinski definition) is 6. The SMILES string of the molecule is C=CC(=O)N1CCC(Nc2ncnc(N)c2-c2ccc(Oc3ccccc3)cc2)CCCCCCCCCCCCCCCCCCCCCCCCCCCCCCCCCCCCCCCCCCCCCCCC12CCC2. The van der Waals surface area contributed by atoms with Gasteiger partial charge >= 0.3 is 0 Å². The largest absolute Gasteiger partial charge is 0.457 e. The summed E-state index contributed by atoms with van der Waals surface area (Å²) in [6.45, 7) is 4.73. The van der Waals surface area contributed by atoms with Gasteiger partial charge in [-0.05, 0) is 74.4 Å². The first-order valence-electron chi connectivity index (χ1n) is 34.7. The highest BCUT2D eigenvalue weighted by molar-refractivity contribution is 5.88. The zero-order valence-corrected chi connectivity index (χ0v) is 51.6. The number of amides is 1. The molecule has 1 aromatic heterocycles. The molecule has 5 rings (SSSR count). The van der Waals surface area contributed by atoms with Crippen LogP contribution in [0.1, 0.15) is 327 Å². The topological polar surface area (TPSA) is 93.4 Å². The molecule has 0 radical (unpaired) electrons. The average Bonchev–Trinajstić information content (AvgIpc) is 3.53. The van der Waals surface area contributed by atoms with E-state index < -0.39 is 0 Å². The standard InChI is InChI=1S/C73H121N5O2/c1-2-69(79)78-63-59-66(77-72-70(71(74)75-64-76-72)65-55-57-68(58-56-65)80-67-53-48-46-49-54-67)52-47-44-42-40-38-36-34-32-30-28-26-24-22-20-18-16-14-12-10-8-6-4-3-5-7-9-11-13-15-17-19-21-23-25-27-29-31-33-35-37-39-41-43-45-50-60-73(78)61-51-62-73/h2,46,48-49,53-58,64,66H,1,3-45,47,50-52,59-63H2,(H3,74,75,76,77). The minimum Gasteiger partial charge on any atom is -0.457 e. The molecule has 1 amide bonds. The molecule has 1 saturated heterocycles. The van der Waals surface area contributed by atoms with Crippen LogP contribution in [-0.4, -0.2) is 38.9 Å². The maximum absolute atomic E-state index is 13.9. The Bertz CT molecular complexity index is 1950. The first kappa shape index (κ1) is 66.9. The molecule has 1 aliphatic heterocycles. The molecule has 2 heterocycles. The Morgan fingerprint density at radius 2 is 0.812 bits per heavy atom. The second-order valence-electron chi connectivity index (χ2n) is 25.3. The summed E-state index contributed by atoms with van der Waals surface area (Å²) in [7, 11) is 0. The summed E-state index contributed by atoms with van der Waals surface area (Å²) < 4.78 is 6.12. The van der Waals surface area contributed by atoms with Gasteiger partial charge in [0.1, 0.15) is 29.5 Å². The number of nitrogen functional groups attached to an aromatic ring is 1. The van der Waals surface area contributed by atoms with E-state index in [2.05, 4.69) is 21.8 Å². The Morgan fingerprint density at radius 3 is 1.18 bits per heavy atom. The lowest BCUT2D eigenvalue weighted by atomic mass is 9.71. The quantitative estimate of drug-likeness (QED) is 0.239. The minimum atomic E-state index is -0.0501. The molecule has 3 N–H and O–H groups in total. The van der Waals surface area contributed by atoms with Crippen molar-refractivity contribution in [2.45, 2.75) is 339 Å². The maximum Gasteiger partial charge on any atom is 0.246 e. The van der Waals surface area contributed by atoms with Crippen LogP contribution in [0.2, 0.25) is 0 Å². The molecule has 80 heavy (non-hydrogen) atoms. The molecule has 3 aromatic rings. The minimum absolute atomic E-state index is 0.0501. The second kappa shape index (κ2) is 44.7. The van der Waals surface area contributed by atoms with Crippen molar-refractivity contribution in [2.24, 2.45) is 0 Å². The van der Waals surface area contributed by atoms with Crippen molar-refractivity contribution in [3.05, 3.63) is 73.6 Å². The Balaban J connectivity index is 1.08. The summed E-state index contributed by atoms with van der Waals surface area (Å²) in [4.78, 5) is 25.4. The molecular weight excluding hydrogens is 979 g/mol. The van der Waals surface area contributed by atoms with Gasteiger partial charge in [0.15, 0.2) is 0 Å². The van der Waals surface area contributed by atoms with Gasteiger partial charge in [-0.1, -0.05) is 326 Å². The van der Waals surface area contributed by atoms with Gasteiger partial charge in [-0.15, -0.1) is 0 Å². The Labute approximate surface area is 492 Å². The van der Waals surface area contributed by atoms with Crippen molar-refractivity contribution in [3.8, 4) is 22.6 Å². The van der Waals surface area contributed by atoms with Crippen molar-refractivity contribution in [3.63, 3.8) is 0 Å². The predicted molar refractivity (Wildman–Crippen MR) is 346 cm³/mol. The van der Waals surface area contributed by atoms with Crippen LogP contribution in [0.3, 0.4) is 0 Å². The number of rotatable bonds is 6. The number of ether oxygens (including phenoxy) is 1. The van der Waals surface area contributed by atoms with Crippen LogP contribution in [0.5, 0.6) is 11.5 Å². The number of hydrogen-bond donors (Lipinski definition) is 2. The van der Waals surface area contributed by atoms with Gasteiger partial charge in [0.25, 0.3) is 0 Å². The van der Waals surface area contributed by atoms with Gasteiger partial charge in [-0.25, -0.2) is 9.97 Å². The van der Waals surface area contributed by atoms with Gasteiger partial charge in [-0.2, -0.15) is 0 Å². The molecule has 1 saturated carbocycles. The molecular formula is C73H121N5O2. The van der Waals surface area contributed by atoms with Crippen molar-refractivity contribution in [2.75, 3.05) is 17.6 Å². The van der Waals surface area contributed by atoms with E-state index in [9.17, 15) is 4.79 Å². The molecule has 2 fully saturated rings. The van der Waals surface area contributed by atoms with E-state index in [4.69, 9.17) is 15.5 Å². The smallest absolute Gasteiger partial charge is 0.246 e. The van der Waals surface area contributed by atoms with Crippen molar-refractivity contribution in [1.29, 1.82) is 0 Å². The lowest BCUT2D eigenvalue weighted by Gasteiger charge is -2.51. The Morgan fingerprint density at radius 1 is 0.463 bits per heavy atom. The number of nitrogens with one attached hydrogen (secondary N) is 1. The summed E-state index contributed by atoms with van der Waals surface area (Å²) in [5, 5.41) is 3.89. The maximum atomic E-state index is 13.9. The molecule has 1 unspecified atom stereocenters. The first-order chi connectivity index (χ1) is 39.6.